The molecule has 0 aromatic heterocycles. The quantitative estimate of drug-likeness (QED) is 0.538. The smallest absolute Gasteiger partial charge is 0.337 e. The van der Waals surface area contributed by atoms with Crippen molar-refractivity contribution in [1.82, 2.24) is 10.2 Å². The molecule has 1 aliphatic heterocycles. The van der Waals surface area contributed by atoms with Crippen LogP contribution in [0, 0.1) is 6.92 Å². The van der Waals surface area contributed by atoms with Crippen molar-refractivity contribution in [3.05, 3.63) is 59.2 Å². The third kappa shape index (κ3) is 6.18. The fourth-order valence-corrected chi connectivity index (χ4v) is 3.51. The molecule has 160 valence electrons. The van der Waals surface area contributed by atoms with Gasteiger partial charge in [-0.2, -0.15) is 0 Å². The van der Waals surface area contributed by atoms with Gasteiger partial charge in [0.2, 0.25) is 0 Å². The Hall–Kier alpha value is -2.64. The summed E-state index contributed by atoms with van der Waals surface area (Å²) in [6.07, 6.45) is 2.43. The summed E-state index contributed by atoms with van der Waals surface area (Å²) >= 11 is 5.41. The van der Waals surface area contributed by atoms with Crippen molar-refractivity contribution < 1.29 is 14.3 Å². The van der Waals surface area contributed by atoms with E-state index in [4.69, 9.17) is 21.7 Å². The van der Waals surface area contributed by atoms with Crippen LogP contribution < -0.4 is 15.4 Å². The van der Waals surface area contributed by atoms with Gasteiger partial charge >= 0.3 is 5.97 Å². The van der Waals surface area contributed by atoms with Crippen molar-refractivity contribution in [1.29, 1.82) is 0 Å². The highest BCUT2D eigenvalue weighted by molar-refractivity contribution is 7.80. The van der Waals surface area contributed by atoms with Crippen LogP contribution in [-0.2, 0) is 11.3 Å². The summed E-state index contributed by atoms with van der Waals surface area (Å²) in [6, 6.07) is 13.4. The molecule has 3 rings (SSSR count). The Kier molecular flexibility index (Phi) is 7.65. The number of hydrogen-bond acceptors (Lipinski definition) is 5. The van der Waals surface area contributed by atoms with E-state index in [-0.39, 0.29) is 5.97 Å². The van der Waals surface area contributed by atoms with Gasteiger partial charge in [-0.25, -0.2) is 4.79 Å². The van der Waals surface area contributed by atoms with Gasteiger partial charge < -0.3 is 25.0 Å². The van der Waals surface area contributed by atoms with E-state index < -0.39 is 0 Å². The molecule has 2 aromatic carbocycles. The average molecular weight is 428 g/mol. The van der Waals surface area contributed by atoms with E-state index in [0.29, 0.717) is 23.3 Å². The lowest BCUT2D eigenvalue weighted by atomic mass is 10.1. The van der Waals surface area contributed by atoms with E-state index >= 15 is 0 Å². The van der Waals surface area contributed by atoms with Crippen LogP contribution in [0.5, 0.6) is 5.75 Å². The first kappa shape index (κ1) is 22.1. The minimum Gasteiger partial charge on any atom is -0.490 e. The molecular weight excluding hydrogens is 398 g/mol. The zero-order valence-electron chi connectivity index (χ0n) is 17.7. The minimum atomic E-state index is -0.375. The van der Waals surface area contributed by atoms with Crippen LogP contribution in [0.1, 0.15) is 34.3 Å². The largest absolute Gasteiger partial charge is 0.490 e. The van der Waals surface area contributed by atoms with E-state index in [9.17, 15) is 4.79 Å². The first-order valence-electron chi connectivity index (χ1n) is 10.1. The molecule has 0 radical (unpaired) electrons. The number of thiocarbonyl (C=S) groups is 1. The Morgan fingerprint density at radius 2 is 1.87 bits per heavy atom. The van der Waals surface area contributed by atoms with Gasteiger partial charge in [0.15, 0.2) is 5.11 Å². The third-order valence-electron chi connectivity index (χ3n) is 5.25. The maximum atomic E-state index is 11.7. The maximum absolute atomic E-state index is 11.7. The molecule has 0 atom stereocenters. The number of likely N-dealkylation sites (tertiary alicyclic amines) is 1. The van der Waals surface area contributed by atoms with Gasteiger partial charge in [0.05, 0.1) is 12.7 Å². The topological polar surface area (TPSA) is 62.8 Å². The highest BCUT2D eigenvalue weighted by atomic mass is 32.1. The fourth-order valence-electron chi connectivity index (χ4n) is 3.33. The number of hydrogen-bond donors (Lipinski definition) is 2. The Balaban J connectivity index is 1.49. The number of nitrogens with zero attached hydrogens (tertiary/aromatic N) is 1. The maximum Gasteiger partial charge on any atom is 0.337 e. The van der Waals surface area contributed by atoms with Gasteiger partial charge in [-0.3, -0.25) is 0 Å². The molecule has 30 heavy (non-hydrogen) atoms. The number of rotatable bonds is 6. The SMILES string of the molecule is COC(=O)c1ccc(C)c(NC(=S)NCc2ccc(OC3CCN(C)CC3)cc2)c1. The number of ether oxygens (including phenoxy) is 2. The Morgan fingerprint density at radius 3 is 2.53 bits per heavy atom. The molecule has 0 spiro atoms. The van der Waals surface area contributed by atoms with E-state index in [0.717, 1.165) is 48.5 Å². The summed E-state index contributed by atoms with van der Waals surface area (Å²) in [7, 11) is 3.51. The van der Waals surface area contributed by atoms with Gasteiger partial charge in [-0.15, -0.1) is 0 Å². The Morgan fingerprint density at radius 1 is 1.17 bits per heavy atom. The molecule has 1 saturated heterocycles. The van der Waals surface area contributed by atoms with E-state index in [1.54, 1.807) is 12.1 Å². The molecule has 0 amide bonds. The number of aryl methyl sites for hydroxylation is 1. The molecule has 0 unspecified atom stereocenters. The van der Waals surface area contributed by atoms with Crippen LogP contribution in [0.3, 0.4) is 0 Å². The molecule has 1 aliphatic rings. The van der Waals surface area contributed by atoms with Crippen LogP contribution in [0.25, 0.3) is 0 Å². The van der Waals surface area contributed by atoms with Crippen molar-refractivity contribution in [2.45, 2.75) is 32.4 Å². The first-order chi connectivity index (χ1) is 14.4. The number of anilines is 1. The number of carbonyl (C=O) groups excluding carboxylic acids is 1. The molecule has 6 nitrogen and oxygen atoms in total. The van der Waals surface area contributed by atoms with Crippen molar-refractivity contribution in [3.8, 4) is 5.75 Å². The molecule has 1 heterocycles. The number of piperidine rings is 1. The first-order valence-corrected chi connectivity index (χ1v) is 10.5. The fraction of sp³-hybridized carbons (Fsp3) is 0.391. The number of esters is 1. The number of methoxy groups -OCH3 is 1. The molecule has 2 N–H and O–H groups in total. The van der Waals surface area contributed by atoms with Gasteiger partial charge in [0.25, 0.3) is 0 Å². The zero-order chi connectivity index (χ0) is 21.5. The predicted molar refractivity (Wildman–Crippen MR) is 123 cm³/mol. The number of carbonyl (C=O) groups is 1. The highest BCUT2D eigenvalue weighted by Crippen LogP contribution is 2.20. The second kappa shape index (κ2) is 10.4. The molecule has 2 aromatic rings. The summed E-state index contributed by atoms with van der Waals surface area (Å²) in [5.41, 5.74) is 3.35. The lowest BCUT2D eigenvalue weighted by Crippen LogP contribution is -2.35. The summed E-state index contributed by atoms with van der Waals surface area (Å²) in [4.78, 5) is 14.1. The Bertz CT molecular complexity index is 878. The average Bonchev–Trinajstić information content (AvgIpc) is 2.76. The molecular formula is C23H29N3O3S. The van der Waals surface area contributed by atoms with E-state index in [1.807, 2.05) is 37.3 Å². The van der Waals surface area contributed by atoms with Gasteiger partial charge in [-0.1, -0.05) is 18.2 Å². The number of nitrogens with one attached hydrogen (secondary N) is 2. The Labute approximate surface area is 183 Å². The predicted octanol–water partition coefficient (Wildman–Crippen LogP) is 3.74. The minimum absolute atomic E-state index is 0.297. The van der Waals surface area contributed by atoms with Crippen LogP contribution in [-0.4, -0.2) is 49.3 Å². The highest BCUT2D eigenvalue weighted by Gasteiger charge is 2.17. The summed E-state index contributed by atoms with van der Waals surface area (Å²) < 4.78 is 10.9. The molecule has 7 heteroatoms. The molecule has 1 fully saturated rings. The van der Waals surface area contributed by atoms with Crippen LogP contribution in [0.4, 0.5) is 5.69 Å². The summed E-state index contributed by atoms with van der Waals surface area (Å²) in [5, 5.41) is 6.85. The molecule has 0 aliphatic carbocycles. The zero-order valence-corrected chi connectivity index (χ0v) is 18.6. The van der Waals surface area contributed by atoms with Gasteiger partial charge in [0.1, 0.15) is 11.9 Å². The van der Waals surface area contributed by atoms with Crippen molar-refractivity contribution in [2.24, 2.45) is 0 Å². The lowest BCUT2D eigenvalue weighted by molar-refractivity contribution is 0.0601. The third-order valence-corrected chi connectivity index (χ3v) is 5.50. The summed E-state index contributed by atoms with van der Waals surface area (Å²) in [5.74, 6) is 0.531. The van der Waals surface area contributed by atoms with E-state index in [2.05, 4.69) is 22.6 Å². The second-order valence-corrected chi connectivity index (χ2v) is 8.00. The molecule has 0 bridgehead atoms. The van der Waals surface area contributed by atoms with Crippen LogP contribution >= 0.6 is 12.2 Å². The van der Waals surface area contributed by atoms with E-state index in [1.165, 1.54) is 7.11 Å². The molecule has 0 saturated carbocycles. The van der Waals surface area contributed by atoms with Crippen molar-refractivity contribution >= 4 is 29.0 Å². The van der Waals surface area contributed by atoms with Crippen molar-refractivity contribution in [2.75, 3.05) is 32.6 Å². The van der Waals surface area contributed by atoms with Gasteiger partial charge in [-0.05, 0) is 74.4 Å². The lowest BCUT2D eigenvalue weighted by Gasteiger charge is -2.29. The van der Waals surface area contributed by atoms with Crippen molar-refractivity contribution in [3.63, 3.8) is 0 Å². The monoisotopic (exact) mass is 427 g/mol. The summed E-state index contributed by atoms with van der Waals surface area (Å²) in [6.45, 7) is 4.71. The normalized spacial score (nSPS) is 14.8. The standard InChI is InChI=1S/C23H29N3O3S/c1-16-4-7-18(22(27)28-3)14-21(16)25-23(30)24-15-17-5-8-19(9-6-17)29-20-10-12-26(2)13-11-20/h4-9,14,20H,10-13,15H2,1-3H3,(H2,24,25,30). The number of benzene rings is 2. The van der Waals surface area contributed by atoms with Gasteiger partial charge in [0, 0.05) is 25.3 Å². The van der Waals surface area contributed by atoms with Crippen LogP contribution in [0.2, 0.25) is 0 Å². The van der Waals surface area contributed by atoms with Crippen LogP contribution in [0.15, 0.2) is 42.5 Å². The second-order valence-electron chi connectivity index (χ2n) is 7.59.